The van der Waals surface area contributed by atoms with Crippen molar-refractivity contribution in [3.8, 4) is 0 Å². The Morgan fingerprint density at radius 1 is 1.17 bits per heavy atom. The van der Waals surface area contributed by atoms with Gasteiger partial charge in [0.25, 0.3) is 0 Å². The summed E-state index contributed by atoms with van der Waals surface area (Å²) in [6, 6.07) is 8.25. The summed E-state index contributed by atoms with van der Waals surface area (Å²) in [4.78, 5) is 11.9. The van der Waals surface area contributed by atoms with Gasteiger partial charge in [0.15, 0.2) is 0 Å². The molecule has 0 spiro atoms. The van der Waals surface area contributed by atoms with Crippen LogP contribution in [0.1, 0.15) is 37.7 Å². The van der Waals surface area contributed by atoms with Gasteiger partial charge in [0.1, 0.15) is 5.78 Å². The summed E-state index contributed by atoms with van der Waals surface area (Å²) >= 11 is 4.16. The number of rotatable bonds is 5. The summed E-state index contributed by atoms with van der Waals surface area (Å²) in [6.07, 6.45) is 7.29. The lowest BCUT2D eigenvalue weighted by Crippen LogP contribution is -2.13. The van der Waals surface area contributed by atoms with Gasteiger partial charge in [-0.15, -0.1) is 0 Å². The van der Waals surface area contributed by atoms with Gasteiger partial charge in [0.05, 0.1) is 5.75 Å². The van der Waals surface area contributed by atoms with Crippen molar-refractivity contribution in [1.82, 2.24) is 0 Å². The lowest BCUT2D eigenvalue weighted by Gasteiger charge is -2.20. The molecule has 3 heteroatoms. The standard InChI is InChI=1S/C15H19IOS/c16-13-8-6-12(7-9-13)10-14(17)11-18-15-4-2-1-3-5-15/h6-9,15H,1-5,10-11H2. The molecule has 0 bridgehead atoms. The van der Waals surface area contributed by atoms with Gasteiger partial charge in [-0.2, -0.15) is 11.8 Å². The first-order valence-electron chi connectivity index (χ1n) is 6.62. The maximum Gasteiger partial charge on any atom is 0.147 e. The number of halogens is 1. The Balaban J connectivity index is 1.73. The van der Waals surface area contributed by atoms with Crippen LogP contribution < -0.4 is 0 Å². The molecular formula is C15H19IOS. The van der Waals surface area contributed by atoms with Gasteiger partial charge in [0, 0.05) is 15.2 Å². The second-order valence-electron chi connectivity index (χ2n) is 4.91. The van der Waals surface area contributed by atoms with Crippen molar-refractivity contribution in [1.29, 1.82) is 0 Å². The van der Waals surface area contributed by atoms with Gasteiger partial charge < -0.3 is 0 Å². The third-order valence-corrected chi connectivity index (χ3v) is 5.50. The molecule has 18 heavy (non-hydrogen) atoms. The van der Waals surface area contributed by atoms with Crippen LogP contribution in [0.25, 0.3) is 0 Å². The molecule has 0 aliphatic heterocycles. The molecule has 0 saturated heterocycles. The van der Waals surface area contributed by atoms with Crippen LogP contribution in [0.4, 0.5) is 0 Å². The van der Waals surface area contributed by atoms with E-state index in [1.165, 1.54) is 35.7 Å². The van der Waals surface area contributed by atoms with E-state index in [1.54, 1.807) is 0 Å². The predicted molar refractivity (Wildman–Crippen MR) is 87.2 cm³/mol. The summed E-state index contributed by atoms with van der Waals surface area (Å²) in [6.45, 7) is 0. The van der Waals surface area contributed by atoms with Crippen molar-refractivity contribution in [3.63, 3.8) is 0 Å². The van der Waals surface area contributed by atoms with E-state index in [0.717, 1.165) is 10.8 Å². The zero-order chi connectivity index (χ0) is 12.8. The van der Waals surface area contributed by atoms with E-state index in [-0.39, 0.29) is 0 Å². The summed E-state index contributed by atoms with van der Waals surface area (Å²) in [5, 5.41) is 0.736. The van der Waals surface area contributed by atoms with Crippen LogP contribution in [0.2, 0.25) is 0 Å². The molecule has 0 N–H and O–H groups in total. The molecule has 0 unspecified atom stereocenters. The van der Waals surface area contributed by atoms with Crippen LogP contribution in [0.15, 0.2) is 24.3 Å². The van der Waals surface area contributed by atoms with E-state index in [2.05, 4.69) is 46.9 Å². The van der Waals surface area contributed by atoms with Gasteiger partial charge >= 0.3 is 0 Å². The highest BCUT2D eigenvalue weighted by atomic mass is 127. The average Bonchev–Trinajstić information content (AvgIpc) is 2.40. The molecule has 1 saturated carbocycles. The first kappa shape index (κ1) is 14.4. The third kappa shape index (κ3) is 4.92. The smallest absolute Gasteiger partial charge is 0.147 e. The van der Waals surface area contributed by atoms with Gasteiger partial charge in [-0.05, 0) is 53.1 Å². The largest absolute Gasteiger partial charge is 0.298 e. The fourth-order valence-corrected chi connectivity index (χ4v) is 3.87. The Labute approximate surface area is 127 Å². The number of ketones is 1. The number of benzene rings is 1. The minimum atomic E-state index is 0.367. The van der Waals surface area contributed by atoms with Crippen molar-refractivity contribution in [2.45, 2.75) is 43.8 Å². The van der Waals surface area contributed by atoms with Crippen LogP contribution in [-0.4, -0.2) is 16.8 Å². The fraction of sp³-hybridized carbons (Fsp3) is 0.533. The molecular weight excluding hydrogens is 355 g/mol. The second kappa shape index (κ2) is 7.53. The highest BCUT2D eigenvalue weighted by Crippen LogP contribution is 2.28. The van der Waals surface area contributed by atoms with Crippen LogP contribution >= 0.6 is 34.4 Å². The molecule has 1 aliphatic rings. The number of hydrogen-bond donors (Lipinski definition) is 0. The summed E-state index contributed by atoms with van der Waals surface area (Å²) in [5.41, 5.74) is 1.14. The maximum atomic E-state index is 11.9. The van der Waals surface area contributed by atoms with E-state index in [1.807, 2.05) is 11.8 Å². The highest BCUT2D eigenvalue weighted by molar-refractivity contribution is 14.1. The Bertz CT molecular complexity index is 382. The number of Topliss-reactive ketones (excluding diaryl/α,β-unsaturated/α-hetero) is 1. The van der Waals surface area contributed by atoms with Gasteiger partial charge in [-0.1, -0.05) is 31.4 Å². The van der Waals surface area contributed by atoms with Crippen molar-refractivity contribution < 1.29 is 4.79 Å². The number of carbonyl (C=O) groups is 1. The lowest BCUT2D eigenvalue weighted by atomic mass is 10.0. The summed E-state index contributed by atoms with van der Waals surface area (Å²) < 4.78 is 1.22. The zero-order valence-electron chi connectivity index (χ0n) is 10.5. The predicted octanol–water partition coefficient (Wildman–Crippen LogP) is 4.47. The maximum absolute atomic E-state index is 11.9. The minimum absolute atomic E-state index is 0.367. The normalized spacial score (nSPS) is 16.7. The lowest BCUT2D eigenvalue weighted by molar-refractivity contribution is -0.116. The van der Waals surface area contributed by atoms with Gasteiger partial charge in [0.2, 0.25) is 0 Å². The SMILES string of the molecule is O=C(CSC1CCCCC1)Cc1ccc(I)cc1. The van der Waals surface area contributed by atoms with Crippen molar-refractivity contribution in [3.05, 3.63) is 33.4 Å². The molecule has 0 radical (unpaired) electrons. The van der Waals surface area contributed by atoms with E-state index >= 15 is 0 Å². The topological polar surface area (TPSA) is 17.1 Å². The quantitative estimate of drug-likeness (QED) is 0.708. The molecule has 0 amide bonds. The number of carbonyl (C=O) groups excluding carboxylic acids is 1. The summed E-state index contributed by atoms with van der Waals surface area (Å²) in [5.74, 6) is 1.06. The fourth-order valence-electron chi connectivity index (χ4n) is 2.32. The molecule has 0 aromatic heterocycles. The van der Waals surface area contributed by atoms with Crippen LogP contribution in [0.3, 0.4) is 0 Å². The van der Waals surface area contributed by atoms with E-state index in [9.17, 15) is 4.79 Å². The van der Waals surface area contributed by atoms with Gasteiger partial charge in [-0.25, -0.2) is 0 Å². The molecule has 98 valence electrons. The first-order valence-corrected chi connectivity index (χ1v) is 8.74. The second-order valence-corrected chi connectivity index (χ2v) is 7.45. The minimum Gasteiger partial charge on any atom is -0.298 e. The van der Waals surface area contributed by atoms with Gasteiger partial charge in [-0.3, -0.25) is 4.79 Å². The third-order valence-electron chi connectivity index (χ3n) is 3.35. The zero-order valence-corrected chi connectivity index (χ0v) is 13.5. The Kier molecular flexibility index (Phi) is 6.02. The molecule has 1 nitrogen and oxygen atoms in total. The first-order chi connectivity index (χ1) is 8.74. The molecule has 1 aliphatic carbocycles. The molecule has 0 atom stereocenters. The highest BCUT2D eigenvalue weighted by Gasteiger charge is 2.15. The molecule has 2 rings (SSSR count). The number of hydrogen-bond acceptors (Lipinski definition) is 2. The average molecular weight is 374 g/mol. The number of thioether (sulfide) groups is 1. The monoisotopic (exact) mass is 374 g/mol. The Morgan fingerprint density at radius 3 is 2.50 bits per heavy atom. The molecule has 1 aromatic carbocycles. The van der Waals surface area contributed by atoms with Crippen molar-refractivity contribution in [2.24, 2.45) is 0 Å². The summed E-state index contributed by atoms with van der Waals surface area (Å²) in [7, 11) is 0. The van der Waals surface area contributed by atoms with E-state index < -0.39 is 0 Å². The van der Waals surface area contributed by atoms with Crippen LogP contribution in [0.5, 0.6) is 0 Å². The van der Waals surface area contributed by atoms with Crippen molar-refractivity contribution >= 4 is 40.1 Å². The molecule has 1 fully saturated rings. The Hall–Kier alpha value is -0.0300. The van der Waals surface area contributed by atoms with E-state index in [4.69, 9.17) is 0 Å². The molecule has 1 aromatic rings. The van der Waals surface area contributed by atoms with E-state index in [0.29, 0.717) is 18.0 Å². The van der Waals surface area contributed by atoms with Crippen molar-refractivity contribution in [2.75, 3.05) is 5.75 Å². The van der Waals surface area contributed by atoms with Crippen LogP contribution in [0, 0.1) is 3.57 Å². The van der Waals surface area contributed by atoms with Crippen LogP contribution in [-0.2, 0) is 11.2 Å². The molecule has 0 heterocycles. The Morgan fingerprint density at radius 2 is 1.83 bits per heavy atom.